The maximum absolute atomic E-state index is 13.0. The Bertz CT molecular complexity index is 569. The SMILES string of the molecule is CC1(C)CC1CNS(=O)(=O)c1ccc(F)c(N)c1. The van der Waals surface area contributed by atoms with Gasteiger partial charge in [-0.1, -0.05) is 13.8 Å². The van der Waals surface area contributed by atoms with Gasteiger partial charge >= 0.3 is 0 Å². The zero-order valence-corrected chi connectivity index (χ0v) is 11.2. The van der Waals surface area contributed by atoms with Crippen LogP contribution >= 0.6 is 0 Å². The fourth-order valence-corrected chi connectivity index (χ4v) is 3.02. The number of nitrogens with two attached hydrogens (primary N) is 1. The molecule has 1 aliphatic carbocycles. The summed E-state index contributed by atoms with van der Waals surface area (Å²) < 4.78 is 39.4. The van der Waals surface area contributed by atoms with Crippen molar-refractivity contribution in [3.05, 3.63) is 24.0 Å². The van der Waals surface area contributed by atoms with Crippen molar-refractivity contribution in [2.45, 2.75) is 25.2 Å². The number of hydrogen-bond donors (Lipinski definition) is 2. The topological polar surface area (TPSA) is 72.2 Å². The molecule has 0 amide bonds. The van der Waals surface area contributed by atoms with Crippen molar-refractivity contribution in [1.29, 1.82) is 0 Å². The normalized spacial score (nSPS) is 21.8. The molecule has 3 N–H and O–H groups in total. The Hall–Kier alpha value is -1.14. The first-order valence-electron chi connectivity index (χ1n) is 5.77. The maximum Gasteiger partial charge on any atom is 0.240 e. The smallest absolute Gasteiger partial charge is 0.240 e. The van der Waals surface area contributed by atoms with Gasteiger partial charge in [-0.25, -0.2) is 17.5 Å². The van der Waals surface area contributed by atoms with Crippen LogP contribution in [0, 0.1) is 17.2 Å². The maximum atomic E-state index is 13.0. The molecule has 1 atom stereocenters. The van der Waals surface area contributed by atoms with Gasteiger partial charge in [0.15, 0.2) is 0 Å². The summed E-state index contributed by atoms with van der Waals surface area (Å²) >= 11 is 0. The Morgan fingerprint density at radius 1 is 1.50 bits per heavy atom. The molecule has 0 aromatic heterocycles. The highest BCUT2D eigenvalue weighted by atomic mass is 32.2. The van der Waals surface area contributed by atoms with E-state index in [1.54, 1.807) is 0 Å². The van der Waals surface area contributed by atoms with E-state index in [1.807, 2.05) is 0 Å². The zero-order valence-electron chi connectivity index (χ0n) is 10.4. The average Bonchev–Trinajstić information content (AvgIpc) is 2.88. The Morgan fingerprint density at radius 2 is 2.11 bits per heavy atom. The third kappa shape index (κ3) is 2.64. The minimum atomic E-state index is -3.60. The predicted molar refractivity (Wildman–Crippen MR) is 67.9 cm³/mol. The van der Waals surface area contributed by atoms with Gasteiger partial charge < -0.3 is 5.73 Å². The largest absolute Gasteiger partial charge is 0.396 e. The van der Waals surface area contributed by atoms with Crippen molar-refractivity contribution in [2.75, 3.05) is 12.3 Å². The third-order valence-electron chi connectivity index (χ3n) is 3.52. The van der Waals surface area contributed by atoms with Crippen molar-refractivity contribution in [3.8, 4) is 0 Å². The third-order valence-corrected chi connectivity index (χ3v) is 4.94. The molecule has 1 unspecified atom stereocenters. The van der Waals surface area contributed by atoms with Gasteiger partial charge in [-0.2, -0.15) is 0 Å². The summed E-state index contributed by atoms with van der Waals surface area (Å²) in [6.07, 6.45) is 1.01. The highest BCUT2D eigenvalue weighted by Crippen LogP contribution is 2.51. The standard InChI is InChI=1S/C12H17FN2O2S/c1-12(2)6-8(12)7-15-18(16,17)9-3-4-10(13)11(14)5-9/h3-5,8,15H,6-7,14H2,1-2H3. The van der Waals surface area contributed by atoms with Crippen molar-refractivity contribution in [2.24, 2.45) is 11.3 Å². The lowest BCUT2D eigenvalue weighted by atomic mass is 10.1. The molecule has 0 aliphatic heterocycles. The van der Waals surface area contributed by atoms with Gasteiger partial charge in [-0.15, -0.1) is 0 Å². The Labute approximate surface area is 106 Å². The van der Waals surface area contributed by atoms with E-state index >= 15 is 0 Å². The molecule has 0 heterocycles. The summed E-state index contributed by atoms with van der Waals surface area (Å²) in [5.74, 6) is -0.248. The van der Waals surface area contributed by atoms with E-state index in [4.69, 9.17) is 5.73 Å². The first-order valence-corrected chi connectivity index (χ1v) is 7.25. The van der Waals surface area contributed by atoms with Gasteiger partial charge in [-0.3, -0.25) is 0 Å². The van der Waals surface area contributed by atoms with Crippen LogP contribution in [0.2, 0.25) is 0 Å². The molecule has 1 aromatic rings. The van der Waals surface area contributed by atoms with Crippen molar-refractivity contribution in [1.82, 2.24) is 4.72 Å². The van der Waals surface area contributed by atoms with E-state index in [9.17, 15) is 12.8 Å². The molecule has 100 valence electrons. The summed E-state index contributed by atoms with van der Waals surface area (Å²) in [6.45, 7) is 4.61. The van der Waals surface area contributed by atoms with Gasteiger partial charge in [0.05, 0.1) is 10.6 Å². The number of rotatable bonds is 4. The second kappa shape index (κ2) is 4.20. The first kappa shape index (κ1) is 13.3. The lowest BCUT2D eigenvalue weighted by Gasteiger charge is -2.08. The number of hydrogen-bond acceptors (Lipinski definition) is 3. The van der Waals surface area contributed by atoms with Gasteiger partial charge in [0.25, 0.3) is 0 Å². The molecule has 1 aliphatic rings. The quantitative estimate of drug-likeness (QED) is 0.820. The van der Waals surface area contributed by atoms with Crippen molar-refractivity contribution < 1.29 is 12.8 Å². The van der Waals surface area contributed by atoms with Gasteiger partial charge in [0, 0.05) is 6.54 Å². The van der Waals surface area contributed by atoms with Crippen LogP contribution < -0.4 is 10.5 Å². The van der Waals surface area contributed by atoms with E-state index in [-0.39, 0.29) is 16.0 Å². The summed E-state index contributed by atoms with van der Waals surface area (Å²) in [7, 11) is -3.60. The van der Waals surface area contributed by atoms with Crippen LogP contribution in [0.15, 0.2) is 23.1 Å². The van der Waals surface area contributed by atoms with Crippen LogP contribution in [-0.2, 0) is 10.0 Å². The molecule has 1 saturated carbocycles. The van der Waals surface area contributed by atoms with Gasteiger partial charge in [-0.05, 0) is 36.0 Å². The Kier molecular flexibility index (Phi) is 3.11. The van der Waals surface area contributed by atoms with Crippen LogP contribution in [-0.4, -0.2) is 15.0 Å². The number of anilines is 1. The molecule has 0 saturated heterocycles. The molecule has 1 fully saturated rings. The number of nitrogens with one attached hydrogen (secondary N) is 1. The summed E-state index contributed by atoms with van der Waals surface area (Å²) in [5, 5.41) is 0. The molecule has 2 rings (SSSR count). The van der Waals surface area contributed by atoms with E-state index in [0.29, 0.717) is 12.5 Å². The summed E-state index contributed by atoms with van der Waals surface area (Å²) in [5.41, 5.74) is 5.41. The fourth-order valence-electron chi connectivity index (χ4n) is 1.91. The highest BCUT2D eigenvalue weighted by Gasteiger charge is 2.45. The van der Waals surface area contributed by atoms with E-state index in [2.05, 4.69) is 18.6 Å². The van der Waals surface area contributed by atoms with E-state index < -0.39 is 15.8 Å². The monoisotopic (exact) mass is 272 g/mol. The lowest BCUT2D eigenvalue weighted by molar-refractivity contribution is 0.537. The first-order chi connectivity index (χ1) is 8.22. The second-order valence-corrected chi connectivity index (χ2v) is 7.19. The summed E-state index contributed by atoms with van der Waals surface area (Å²) in [6, 6.07) is 3.41. The van der Waals surface area contributed by atoms with E-state index in [1.165, 1.54) is 6.07 Å². The minimum Gasteiger partial charge on any atom is -0.396 e. The van der Waals surface area contributed by atoms with Gasteiger partial charge in [0.2, 0.25) is 10.0 Å². The van der Waals surface area contributed by atoms with Crippen molar-refractivity contribution >= 4 is 15.7 Å². The van der Waals surface area contributed by atoms with Crippen LogP contribution in [0.1, 0.15) is 20.3 Å². The highest BCUT2D eigenvalue weighted by molar-refractivity contribution is 7.89. The second-order valence-electron chi connectivity index (χ2n) is 5.42. The number of halogens is 1. The molecule has 0 radical (unpaired) electrons. The Balaban J connectivity index is 2.08. The molecular weight excluding hydrogens is 255 g/mol. The number of nitrogen functional groups attached to an aromatic ring is 1. The molecule has 4 nitrogen and oxygen atoms in total. The van der Waals surface area contributed by atoms with Crippen LogP contribution in [0.25, 0.3) is 0 Å². The Morgan fingerprint density at radius 3 is 2.61 bits per heavy atom. The molecule has 6 heteroatoms. The van der Waals surface area contributed by atoms with Gasteiger partial charge in [0.1, 0.15) is 5.82 Å². The molecule has 18 heavy (non-hydrogen) atoms. The van der Waals surface area contributed by atoms with Crippen LogP contribution in [0.4, 0.5) is 10.1 Å². The minimum absolute atomic E-state index is 0.000133. The molecule has 0 bridgehead atoms. The van der Waals surface area contributed by atoms with Crippen molar-refractivity contribution in [3.63, 3.8) is 0 Å². The average molecular weight is 272 g/mol. The van der Waals surface area contributed by atoms with Crippen LogP contribution in [0.3, 0.4) is 0 Å². The predicted octanol–water partition coefficient (Wildman–Crippen LogP) is 1.73. The fraction of sp³-hybridized carbons (Fsp3) is 0.500. The zero-order chi connectivity index (χ0) is 13.6. The lowest BCUT2D eigenvalue weighted by Crippen LogP contribution is -2.27. The molecule has 0 spiro atoms. The molecule has 1 aromatic carbocycles. The van der Waals surface area contributed by atoms with E-state index in [0.717, 1.165) is 18.6 Å². The molecular formula is C12H17FN2O2S. The summed E-state index contributed by atoms with van der Waals surface area (Å²) in [4.78, 5) is -0.000133. The number of benzene rings is 1. The number of sulfonamides is 1. The van der Waals surface area contributed by atoms with Crippen LogP contribution in [0.5, 0.6) is 0 Å².